The maximum atomic E-state index is 9.75. The van der Waals surface area contributed by atoms with Crippen LogP contribution in [0.1, 0.15) is 19.4 Å². The molecule has 0 saturated heterocycles. The third-order valence-corrected chi connectivity index (χ3v) is 4.74. The lowest BCUT2D eigenvalue weighted by atomic mass is 10.1. The number of aryl methyl sites for hydroxylation is 1. The minimum atomic E-state index is -6.00. The van der Waals surface area contributed by atoms with Crippen LogP contribution in [-0.4, -0.2) is 13.9 Å². The zero-order chi connectivity index (χ0) is 23.8. The van der Waals surface area contributed by atoms with Crippen molar-refractivity contribution in [2.75, 3.05) is 6.61 Å². The standard InChI is InChI=1S/C25H23NO2.BF4/c1-3-18-10-15-24-22(16-18)23(17-25(28-24)19-8-6-5-7-9-19)26-20-11-13-21(14-12-20)27-4-2;2-1(3,4)5/h5-17H,3-4H2,1-2H3;/q;-1/p+1. The molecule has 172 valence electrons. The van der Waals surface area contributed by atoms with E-state index in [0.717, 1.165) is 45.5 Å². The average Bonchev–Trinajstić information content (AvgIpc) is 2.79. The number of halogens is 4. The zero-order valence-corrected chi connectivity index (χ0v) is 18.3. The Balaban J connectivity index is 0.000000555. The molecule has 0 aliphatic heterocycles. The first-order valence-electron chi connectivity index (χ1n) is 10.6. The molecule has 0 bridgehead atoms. The number of rotatable bonds is 5. The van der Waals surface area contributed by atoms with Crippen LogP contribution in [0.4, 0.5) is 23.0 Å². The van der Waals surface area contributed by atoms with Gasteiger partial charge >= 0.3 is 7.25 Å². The number of nitrogens with one attached hydrogen (secondary N) is 1. The van der Waals surface area contributed by atoms with Gasteiger partial charge in [-0.05, 0) is 43.2 Å². The number of hydrogen-bond acceptors (Lipinski definition) is 2. The summed E-state index contributed by atoms with van der Waals surface area (Å²) in [7, 11) is -6.00. The fraction of sp³-hybridized carbons (Fsp3) is 0.160. The molecule has 3 nitrogen and oxygen atoms in total. The Bertz CT molecular complexity index is 1250. The van der Waals surface area contributed by atoms with Gasteiger partial charge in [0, 0.05) is 17.7 Å². The van der Waals surface area contributed by atoms with E-state index in [0.29, 0.717) is 6.61 Å². The Hall–Kier alpha value is -3.55. The molecule has 0 fully saturated rings. The van der Waals surface area contributed by atoms with Crippen molar-refractivity contribution >= 4 is 23.9 Å². The van der Waals surface area contributed by atoms with Crippen molar-refractivity contribution in [2.24, 2.45) is 0 Å². The van der Waals surface area contributed by atoms with Gasteiger partial charge in [0.1, 0.15) is 17.1 Å². The van der Waals surface area contributed by atoms with Crippen LogP contribution in [0.5, 0.6) is 5.75 Å². The van der Waals surface area contributed by atoms with Crippen LogP contribution in [0.3, 0.4) is 0 Å². The van der Waals surface area contributed by atoms with Gasteiger partial charge in [-0.1, -0.05) is 43.3 Å². The summed E-state index contributed by atoms with van der Waals surface area (Å²) in [6.07, 6.45) is 0.985. The SMILES string of the molecule is CCOc1ccc([NH+]=c2cc(-c3ccccc3)oc3ccc(CC)cc23)cc1.F[B-](F)(F)F. The first kappa shape index (κ1) is 24.1. The maximum absolute atomic E-state index is 9.75. The van der Waals surface area contributed by atoms with Crippen molar-refractivity contribution < 1.29 is 31.4 Å². The second-order valence-electron chi connectivity index (χ2n) is 7.15. The van der Waals surface area contributed by atoms with Crippen LogP contribution in [0.2, 0.25) is 0 Å². The molecule has 1 aromatic heterocycles. The molecule has 0 unspecified atom stereocenters. The predicted molar refractivity (Wildman–Crippen MR) is 123 cm³/mol. The molecule has 4 aromatic rings. The highest BCUT2D eigenvalue weighted by atomic mass is 19.5. The monoisotopic (exact) mass is 457 g/mol. The summed E-state index contributed by atoms with van der Waals surface area (Å²) in [6, 6.07) is 26.7. The first-order chi connectivity index (χ1) is 15.8. The predicted octanol–water partition coefficient (Wildman–Crippen LogP) is 5.67. The van der Waals surface area contributed by atoms with Crippen molar-refractivity contribution in [1.29, 1.82) is 0 Å². The molecule has 1 heterocycles. The Morgan fingerprint density at radius 2 is 1.52 bits per heavy atom. The van der Waals surface area contributed by atoms with Crippen LogP contribution < -0.4 is 15.1 Å². The van der Waals surface area contributed by atoms with E-state index in [4.69, 9.17) is 9.15 Å². The van der Waals surface area contributed by atoms with Crippen molar-refractivity contribution in [3.8, 4) is 17.1 Å². The largest absolute Gasteiger partial charge is 0.673 e. The Kier molecular flexibility index (Phi) is 7.93. The maximum Gasteiger partial charge on any atom is 0.673 e. The Morgan fingerprint density at radius 3 is 2.12 bits per heavy atom. The molecule has 0 saturated carbocycles. The molecule has 4 rings (SSSR count). The highest BCUT2D eigenvalue weighted by Gasteiger charge is 2.20. The second-order valence-corrected chi connectivity index (χ2v) is 7.15. The third-order valence-electron chi connectivity index (χ3n) is 4.74. The first-order valence-corrected chi connectivity index (χ1v) is 10.6. The van der Waals surface area contributed by atoms with Crippen molar-refractivity contribution in [2.45, 2.75) is 20.3 Å². The van der Waals surface area contributed by atoms with Gasteiger partial charge < -0.3 is 26.4 Å². The number of ether oxygens (including phenoxy) is 1. The molecule has 0 atom stereocenters. The Labute approximate surface area is 189 Å². The molecule has 0 aliphatic rings. The van der Waals surface area contributed by atoms with Crippen LogP contribution in [-0.2, 0) is 6.42 Å². The lowest BCUT2D eigenvalue weighted by Crippen LogP contribution is -2.70. The van der Waals surface area contributed by atoms with Gasteiger partial charge in [-0.25, -0.2) is 4.99 Å². The van der Waals surface area contributed by atoms with E-state index in [1.807, 2.05) is 49.4 Å². The molecule has 0 spiro atoms. The van der Waals surface area contributed by atoms with Crippen LogP contribution in [0, 0.1) is 0 Å². The minimum Gasteiger partial charge on any atom is -0.494 e. The topological polar surface area (TPSA) is 36.3 Å². The van der Waals surface area contributed by atoms with Gasteiger partial charge in [0.15, 0.2) is 0 Å². The van der Waals surface area contributed by atoms with E-state index in [-0.39, 0.29) is 0 Å². The van der Waals surface area contributed by atoms with E-state index >= 15 is 0 Å². The molecular weight excluding hydrogens is 433 g/mol. The Morgan fingerprint density at radius 1 is 0.848 bits per heavy atom. The molecule has 1 N–H and O–H groups in total. The van der Waals surface area contributed by atoms with Crippen LogP contribution >= 0.6 is 0 Å². The van der Waals surface area contributed by atoms with E-state index < -0.39 is 7.25 Å². The van der Waals surface area contributed by atoms with Gasteiger partial charge in [0.2, 0.25) is 11.0 Å². The number of fused-ring (bicyclic) bond motifs is 1. The highest BCUT2D eigenvalue weighted by Crippen LogP contribution is 2.22. The summed E-state index contributed by atoms with van der Waals surface area (Å²) >= 11 is 0. The van der Waals surface area contributed by atoms with Gasteiger partial charge in [-0.15, -0.1) is 0 Å². The summed E-state index contributed by atoms with van der Waals surface area (Å²) in [6.45, 7) is 4.82. The van der Waals surface area contributed by atoms with E-state index in [1.54, 1.807) is 0 Å². The fourth-order valence-corrected chi connectivity index (χ4v) is 3.26. The fourth-order valence-electron chi connectivity index (χ4n) is 3.26. The lowest BCUT2D eigenvalue weighted by Gasteiger charge is -2.05. The molecule has 0 aliphatic carbocycles. The molecule has 8 heteroatoms. The van der Waals surface area contributed by atoms with E-state index in [1.165, 1.54) is 5.56 Å². The van der Waals surface area contributed by atoms with E-state index in [2.05, 4.69) is 48.3 Å². The van der Waals surface area contributed by atoms with Crippen molar-refractivity contribution in [3.05, 3.63) is 89.8 Å². The van der Waals surface area contributed by atoms with Gasteiger partial charge in [-0.3, -0.25) is 0 Å². The summed E-state index contributed by atoms with van der Waals surface area (Å²) in [5, 5.41) is 2.10. The summed E-state index contributed by atoms with van der Waals surface area (Å²) in [4.78, 5) is 3.56. The van der Waals surface area contributed by atoms with Gasteiger partial charge in [0.05, 0.1) is 18.1 Å². The van der Waals surface area contributed by atoms with Crippen LogP contribution in [0.25, 0.3) is 22.3 Å². The summed E-state index contributed by atoms with van der Waals surface area (Å²) in [5.74, 6) is 1.71. The lowest BCUT2D eigenvalue weighted by molar-refractivity contribution is -0.400. The van der Waals surface area contributed by atoms with Crippen LogP contribution in [0.15, 0.2) is 83.3 Å². The minimum absolute atomic E-state index is 0.665. The summed E-state index contributed by atoms with van der Waals surface area (Å²) in [5.41, 5.74) is 4.22. The molecule has 0 radical (unpaired) electrons. The third kappa shape index (κ3) is 7.24. The van der Waals surface area contributed by atoms with Gasteiger partial charge in [0.25, 0.3) is 0 Å². The number of benzene rings is 3. The van der Waals surface area contributed by atoms with Crippen molar-refractivity contribution in [3.63, 3.8) is 0 Å². The van der Waals surface area contributed by atoms with Gasteiger partial charge in [-0.2, -0.15) is 0 Å². The quantitative estimate of drug-likeness (QED) is 0.310. The molecule has 0 amide bonds. The highest BCUT2D eigenvalue weighted by molar-refractivity contribution is 6.50. The second kappa shape index (κ2) is 10.9. The summed E-state index contributed by atoms with van der Waals surface area (Å²) < 4.78 is 50.8. The van der Waals surface area contributed by atoms with Crippen molar-refractivity contribution in [1.82, 2.24) is 0 Å². The molecule has 3 aromatic carbocycles. The van der Waals surface area contributed by atoms with E-state index in [9.17, 15) is 17.3 Å². The number of hydrogen-bond donors (Lipinski definition) is 1. The molecule has 33 heavy (non-hydrogen) atoms. The normalized spacial score (nSPS) is 11.8. The molecular formula is C25H24BF4NO2. The zero-order valence-electron chi connectivity index (χ0n) is 18.3. The average molecular weight is 457 g/mol. The smallest absolute Gasteiger partial charge is 0.494 e.